The number of hydrogen-bond acceptors (Lipinski definition) is 4. The zero-order valence-corrected chi connectivity index (χ0v) is 12.1. The van der Waals surface area contributed by atoms with Gasteiger partial charge in [0.2, 0.25) is 0 Å². The van der Waals surface area contributed by atoms with Gasteiger partial charge in [0.05, 0.1) is 18.3 Å². The summed E-state index contributed by atoms with van der Waals surface area (Å²) in [5.41, 5.74) is 2.00. The average molecular weight is 293 g/mol. The Balaban J connectivity index is 2.06. The summed E-state index contributed by atoms with van der Waals surface area (Å²) in [5, 5.41) is 1.09. The number of rotatable bonds is 4. The second kappa shape index (κ2) is 5.27. The number of aryl methyl sites for hydroxylation is 2. The van der Waals surface area contributed by atoms with Crippen LogP contribution in [-0.4, -0.2) is 25.4 Å². The number of imidazole rings is 1. The van der Waals surface area contributed by atoms with Crippen LogP contribution in [0.3, 0.4) is 0 Å². The molecule has 0 atom stereocenters. The van der Waals surface area contributed by atoms with Crippen LogP contribution in [0.1, 0.15) is 15.7 Å². The van der Waals surface area contributed by atoms with Crippen LogP contribution in [0.5, 0.6) is 0 Å². The number of pyridine rings is 1. The van der Waals surface area contributed by atoms with Gasteiger partial charge in [0.1, 0.15) is 16.3 Å². The largest absolute Gasteiger partial charge is 0.321 e. The molecule has 0 N–H and O–H groups in total. The van der Waals surface area contributed by atoms with E-state index in [0.29, 0.717) is 5.88 Å². The topological polar surface area (TPSA) is 43.6 Å². The second-order valence-electron chi connectivity index (χ2n) is 4.28. The Morgan fingerprint density at radius 2 is 2.26 bits per heavy atom. The summed E-state index contributed by atoms with van der Waals surface area (Å²) >= 11 is 7.57. The summed E-state index contributed by atoms with van der Waals surface area (Å²) in [6.07, 6.45) is 6.23. The smallest absolute Gasteiger partial charge is 0.113 e. The molecule has 0 amide bonds. The summed E-state index contributed by atoms with van der Waals surface area (Å²) in [6.45, 7) is 2.81. The number of thiazole rings is 1. The van der Waals surface area contributed by atoms with Gasteiger partial charge < -0.3 is 4.57 Å². The molecular weight excluding hydrogens is 280 g/mol. The van der Waals surface area contributed by atoms with Crippen LogP contribution in [0.15, 0.2) is 24.7 Å². The van der Waals surface area contributed by atoms with Crippen LogP contribution >= 0.6 is 22.9 Å². The Labute approximate surface area is 120 Å². The molecule has 4 nitrogen and oxygen atoms in total. The fourth-order valence-electron chi connectivity index (χ4n) is 2.09. The molecular formula is C13H13ClN4S. The normalized spacial score (nSPS) is 11.3. The first-order valence-corrected chi connectivity index (χ1v) is 7.39. The van der Waals surface area contributed by atoms with E-state index in [1.807, 2.05) is 12.3 Å². The molecule has 3 rings (SSSR count). The molecule has 0 fully saturated rings. The van der Waals surface area contributed by atoms with Gasteiger partial charge in [0, 0.05) is 29.6 Å². The van der Waals surface area contributed by atoms with Gasteiger partial charge in [0.15, 0.2) is 0 Å². The average Bonchev–Trinajstić information content (AvgIpc) is 2.96. The molecule has 0 aliphatic carbocycles. The SMILES string of the molecule is Cc1cnc(Cn2c(CCCl)nc3cnccc32)s1. The van der Waals surface area contributed by atoms with E-state index in [9.17, 15) is 0 Å². The molecule has 0 aliphatic heterocycles. The first-order chi connectivity index (χ1) is 9.28. The number of alkyl halides is 1. The highest BCUT2D eigenvalue weighted by Crippen LogP contribution is 2.20. The lowest BCUT2D eigenvalue weighted by atomic mass is 10.4. The predicted octanol–water partition coefficient (Wildman–Crippen LogP) is 3.03. The third-order valence-electron chi connectivity index (χ3n) is 2.91. The molecule has 3 heterocycles. The lowest BCUT2D eigenvalue weighted by Crippen LogP contribution is -2.05. The third kappa shape index (κ3) is 2.48. The molecule has 3 aromatic heterocycles. The van der Waals surface area contributed by atoms with Crippen LogP contribution in [0.4, 0.5) is 0 Å². The fraction of sp³-hybridized carbons (Fsp3) is 0.308. The summed E-state index contributed by atoms with van der Waals surface area (Å²) in [6, 6.07) is 1.99. The van der Waals surface area contributed by atoms with E-state index in [1.54, 1.807) is 23.7 Å². The van der Waals surface area contributed by atoms with Gasteiger partial charge >= 0.3 is 0 Å². The number of nitrogens with zero attached hydrogens (tertiary/aromatic N) is 4. The molecule has 0 saturated heterocycles. The van der Waals surface area contributed by atoms with Crippen molar-refractivity contribution >= 4 is 34.0 Å². The monoisotopic (exact) mass is 292 g/mol. The zero-order valence-electron chi connectivity index (χ0n) is 10.5. The van der Waals surface area contributed by atoms with E-state index in [0.717, 1.165) is 34.8 Å². The molecule has 0 aliphatic rings. The molecule has 98 valence electrons. The fourth-order valence-corrected chi connectivity index (χ4v) is 3.04. The van der Waals surface area contributed by atoms with Crippen LogP contribution in [-0.2, 0) is 13.0 Å². The van der Waals surface area contributed by atoms with Gasteiger partial charge in [-0.2, -0.15) is 0 Å². The molecule has 0 radical (unpaired) electrons. The van der Waals surface area contributed by atoms with Crippen molar-refractivity contribution in [2.75, 3.05) is 5.88 Å². The first-order valence-electron chi connectivity index (χ1n) is 6.04. The van der Waals surface area contributed by atoms with Crippen LogP contribution in [0.25, 0.3) is 11.0 Å². The maximum absolute atomic E-state index is 5.86. The quantitative estimate of drug-likeness (QED) is 0.694. The summed E-state index contributed by atoms with van der Waals surface area (Å²) in [7, 11) is 0. The zero-order chi connectivity index (χ0) is 13.2. The van der Waals surface area contributed by atoms with Crippen molar-refractivity contribution in [2.45, 2.75) is 19.9 Å². The lowest BCUT2D eigenvalue weighted by molar-refractivity contribution is 0.750. The number of hydrogen-bond donors (Lipinski definition) is 0. The molecule has 0 bridgehead atoms. The number of aromatic nitrogens is 4. The molecule has 0 aromatic carbocycles. The molecule has 0 saturated carbocycles. The van der Waals surface area contributed by atoms with E-state index >= 15 is 0 Å². The Hall–Kier alpha value is -1.46. The van der Waals surface area contributed by atoms with Crippen LogP contribution in [0, 0.1) is 6.92 Å². The van der Waals surface area contributed by atoms with Gasteiger partial charge in [-0.05, 0) is 13.0 Å². The number of fused-ring (bicyclic) bond motifs is 1. The summed E-state index contributed by atoms with van der Waals surface area (Å²) < 4.78 is 2.18. The van der Waals surface area contributed by atoms with Crippen molar-refractivity contribution in [3.8, 4) is 0 Å². The van der Waals surface area contributed by atoms with Crippen molar-refractivity contribution in [1.82, 2.24) is 19.5 Å². The number of halogens is 1. The highest BCUT2D eigenvalue weighted by Gasteiger charge is 2.12. The first kappa shape index (κ1) is 12.6. The van der Waals surface area contributed by atoms with E-state index in [-0.39, 0.29) is 0 Å². The van der Waals surface area contributed by atoms with Crippen molar-refractivity contribution < 1.29 is 0 Å². The van der Waals surface area contributed by atoms with Gasteiger partial charge in [-0.15, -0.1) is 22.9 Å². The maximum Gasteiger partial charge on any atom is 0.113 e. The second-order valence-corrected chi connectivity index (χ2v) is 5.98. The Morgan fingerprint density at radius 3 is 3.00 bits per heavy atom. The van der Waals surface area contributed by atoms with Crippen LogP contribution in [0.2, 0.25) is 0 Å². The molecule has 0 unspecified atom stereocenters. The highest BCUT2D eigenvalue weighted by atomic mass is 35.5. The summed E-state index contributed by atoms with van der Waals surface area (Å²) in [5.74, 6) is 1.55. The molecule has 6 heteroatoms. The summed E-state index contributed by atoms with van der Waals surface area (Å²) in [4.78, 5) is 14.4. The van der Waals surface area contributed by atoms with Gasteiger partial charge in [-0.3, -0.25) is 4.98 Å². The minimum atomic E-state index is 0.563. The highest BCUT2D eigenvalue weighted by molar-refractivity contribution is 7.11. The van der Waals surface area contributed by atoms with E-state index in [2.05, 4.69) is 26.4 Å². The van der Waals surface area contributed by atoms with Crippen LogP contribution < -0.4 is 0 Å². The van der Waals surface area contributed by atoms with Crippen molar-refractivity contribution in [1.29, 1.82) is 0 Å². The Morgan fingerprint density at radius 1 is 1.37 bits per heavy atom. The third-order valence-corrected chi connectivity index (χ3v) is 4.00. The van der Waals surface area contributed by atoms with Gasteiger partial charge in [-0.1, -0.05) is 0 Å². The standard InChI is InChI=1S/C13H13ClN4S/c1-9-6-16-13(19-9)8-18-11-3-5-15-7-10(11)17-12(18)2-4-14/h3,5-7H,2,4,8H2,1H3. The minimum absolute atomic E-state index is 0.563. The van der Waals surface area contributed by atoms with Gasteiger partial charge in [-0.25, -0.2) is 9.97 Å². The Bertz CT molecular complexity index is 704. The molecule has 0 spiro atoms. The van der Waals surface area contributed by atoms with Crippen molar-refractivity contribution in [3.05, 3.63) is 40.4 Å². The van der Waals surface area contributed by atoms with E-state index in [1.165, 1.54) is 4.88 Å². The van der Waals surface area contributed by atoms with Crippen molar-refractivity contribution in [3.63, 3.8) is 0 Å². The maximum atomic E-state index is 5.86. The van der Waals surface area contributed by atoms with Crippen molar-refractivity contribution in [2.24, 2.45) is 0 Å². The van der Waals surface area contributed by atoms with E-state index in [4.69, 9.17) is 11.6 Å². The minimum Gasteiger partial charge on any atom is -0.321 e. The predicted molar refractivity (Wildman–Crippen MR) is 77.9 cm³/mol. The molecule has 19 heavy (non-hydrogen) atoms. The van der Waals surface area contributed by atoms with E-state index < -0.39 is 0 Å². The van der Waals surface area contributed by atoms with Gasteiger partial charge in [0.25, 0.3) is 0 Å². The Kier molecular flexibility index (Phi) is 3.48. The molecule has 3 aromatic rings. The lowest BCUT2D eigenvalue weighted by Gasteiger charge is -2.05.